The van der Waals surface area contributed by atoms with E-state index in [1.165, 1.54) is 6.33 Å². The van der Waals surface area contributed by atoms with Gasteiger partial charge in [0.05, 0.1) is 12.1 Å². The second kappa shape index (κ2) is 4.87. The number of aromatic amines is 1. The lowest BCUT2D eigenvalue weighted by Gasteiger charge is -2.17. The molecule has 0 aliphatic heterocycles. The fourth-order valence-corrected chi connectivity index (χ4v) is 1.66. The molecule has 2 aromatic rings. The molecule has 1 amide bonds. The summed E-state index contributed by atoms with van der Waals surface area (Å²) in [6, 6.07) is 5.40. The van der Waals surface area contributed by atoms with E-state index in [1.54, 1.807) is 24.1 Å². The quantitative estimate of drug-likeness (QED) is 0.788. The summed E-state index contributed by atoms with van der Waals surface area (Å²) in [4.78, 5) is 17.8. The molecule has 0 aliphatic rings. The fourth-order valence-electron chi connectivity index (χ4n) is 1.66. The van der Waals surface area contributed by atoms with Crippen LogP contribution in [0.15, 0.2) is 24.5 Å². The van der Waals surface area contributed by atoms with Crippen LogP contribution in [0.1, 0.15) is 21.7 Å². The van der Waals surface area contributed by atoms with Crippen molar-refractivity contribution in [3.05, 3.63) is 41.5 Å². The normalized spacial score (nSPS) is 10.3. The highest BCUT2D eigenvalue weighted by Gasteiger charge is 2.15. The molecule has 1 heterocycles. The van der Waals surface area contributed by atoms with Crippen LogP contribution in [0.2, 0.25) is 0 Å². The number of anilines is 1. The molecule has 0 atom stereocenters. The molecule has 0 spiro atoms. The summed E-state index contributed by atoms with van der Waals surface area (Å²) in [5, 5.41) is 6.45. The summed E-state index contributed by atoms with van der Waals surface area (Å²) in [5.74, 6) is 0.504. The molecule has 0 bridgehead atoms. The molecule has 0 aliphatic carbocycles. The number of nitrogen functional groups attached to an aromatic ring is 1. The summed E-state index contributed by atoms with van der Waals surface area (Å²) in [5.41, 5.74) is 7.81. The van der Waals surface area contributed by atoms with Crippen LogP contribution in [0, 0.1) is 6.92 Å². The average molecular weight is 245 g/mol. The van der Waals surface area contributed by atoms with Crippen molar-refractivity contribution in [2.24, 2.45) is 0 Å². The molecule has 94 valence electrons. The lowest BCUT2D eigenvalue weighted by Crippen LogP contribution is -2.27. The lowest BCUT2D eigenvalue weighted by molar-refractivity contribution is 0.0782. The molecule has 0 radical (unpaired) electrons. The lowest BCUT2D eigenvalue weighted by atomic mass is 10.1. The van der Waals surface area contributed by atoms with Gasteiger partial charge in [0.1, 0.15) is 12.2 Å². The summed E-state index contributed by atoms with van der Waals surface area (Å²) < 4.78 is 0. The van der Waals surface area contributed by atoms with Gasteiger partial charge in [0.25, 0.3) is 5.91 Å². The summed E-state index contributed by atoms with van der Waals surface area (Å²) >= 11 is 0. The highest BCUT2D eigenvalue weighted by Crippen LogP contribution is 2.16. The van der Waals surface area contributed by atoms with Gasteiger partial charge in [0, 0.05) is 12.7 Å². The number of aromatic nitrogens is 3. The third kappa shape index (κ3) is 2.48. The van der Waals surface area contributed by atoms with E-state index < -0.39 is 0 Å². The van der Waals surface area contributed by atoms with Crippen LogP contribution in [0.3, 0.4) is 0 Å². The molecule has 6 heteroatoms. The number of carbonyl (C=O) groups is 1. The SMILES string of the molecule is Cc1ccc(N)c(C(=O)N(C)Cc2ncn[nH]2)c1. The predicted molar refractivity (Wildman–Crippen MR) is 67.8 cm³/mol. The van der Waals surface area contributed by atoms with Gasteiger partial charge in [-0.05, 0) is 19.1 Å². The van der Waals surface area contributed by atoms with Gasteiger partial charge in [-0.1, -0.05) is 11.6 Å². The Labute approximate surface area is 105 Å². The van der Waals surface area contributed by atoms with Crippen molar-refractivity contribution in [2.45, 2.75) is 13.5 Å². The number of nitrogens with one attached hydrogen (secondary N) is 1. The maximum Gasteiger partial charge on any atom is 0.256 e. The molecule has 1 aromatic carbocycles. The number of nitrogens with two attached hydrogens (primary N) is 1. The number of rotatable bonds is 3. The number of H-pyrrole nitrogens is 1. The second-order valence-corrected chi connectivity index (χ2v) is 4.18. The third-order valence-corrected chi connectivity index (χ3v) is 2.64. The van der Waals surface area contributed by atoms with E-state index in [1.807, 2.05) is 13.0 Å². The van der Waals surface area contributed by atoms with Crippen LogP contribution in [0.5, 0.6) is 0 Å². The van der Waals surface area contributed by atoms with E-state index >= 15 is 0 Å². The molecule has 0 fully saturated rings. The molecule has 1 aromatic heterocycles. The molecular formula is C12H15N5O. The van der Waals surface area contributed by atoms with E-state index in [9.17, 15) is 4.79 Å². The van der Waals surface area contributed by atoms with Crippen LogP contribution in [0.4, 0.5) is 5.69 Å². The minimum atomic E-state index is -0.132. The van der Waals surface area contributed by atoms with Crippen molar-refractivity contribution >= 4 is 11.6 Å². The zero-order chi connectivity index (χ0) is 13.1. The summed E-state index contributed by atoms with van der Waals surface area (Å²) in [6.45, 7) is 2.29. The van der Waals surface area contributed by atoms with E-state index in [0.717, 1.165) is 5.56 Å². The van der Waals surface area contributed by atoms with Crippen molar-refractivity contribution in [2.75, 3.05) is 12.8 Å². The summed E-state index contributed by atoms with van der Waals surface area (Å²) in [7, 11) is 1.70. The van der Waals surface area contributed by atoms with E-state index in [4.69, 9.17) is 5.73 Å². The molecular weight excluding hydrogens is 230 g/mol. The van der Waals surface area contributed by atoms with Crippen LogP contribution in [-0.4, -0.2) is 33.0 Å². The number of amides is 1. The standard InChI is InChI=1S/C12H15N5O/c1-8-3-4-10(13)9(5-8)12(18)17(2)6-11-14-7-15-16-11/h3-5,7H,6,13H2,1-2H3,(H,14,15,16). The zero-order valence-electron chi connectivity index (χ0n) is 10.3. The Hall–Kier alpha value is -2.37. The molecule has 0 saturated carbocycles. The molecule has 2 rings (SSSR count). The Balaban J connectivity index is 2.17. The molecule has 3 N–H and O–H groups in total. The first-order chi connectivity index (χ1) is 8.58. The predicted octanol–water partition coefficient (Wildman–Crippen LogP) is 0.968. The first-order valence-electron chi connectivity index (χ1n) is 5.54. The number of hydrogen-bond donors (Lipinski definition) is 2. The van der Waals surface area contributed by atoms with E-state index in [0.29, 0.717) is 23.6 Å². The van der Waals surface area contributed by atoms with Crippen molar-refractivity contribution < 1.29 is 4.79 Å². The highest BCUT2D eigenvalue weighted by molar-refractivity contribution is 5.99. The van der Waals surface area contributed by atoms with Gasteiger partial charge in [-0.3, -0.25) is 9.89 Å². The van der Waals surface area contributed by atoms with E-state index in [2.05, 4.69) is 15.2 Å². The van der Waals surface area contributed by atoms with Crippen molar-refractivity contribution in [1.29, 1.82) is 0 Å². The third-order valence-electron chi connectivity index (χ3n) is 2.64. The second-order valence-electron chi connectivity index (χ2n) is 4.18. The first kappa shape index (κ1) is 12.1. The molecule has 18 heavy (non-hydrogen) atoms. The monoisotopic (exact) mass is 245 g/mol. The highest BCUT2D eigenvalue weighted by atomic mass is 16.2. The van der Waals surface area contributed by atoms with Crippen LogP contribution in [0.25, 0.3) is 0 Å². The maximum atomic E-state index is 12.2. The van der Waals surface area contributed by atoms with Gasteiger partial charge in [-0.2, -0.15) is 5.10 Å². The Morgan fingerprint density at radius 1 is 1.50 bits per heavy atom. The van der Waals surface area contributed by atoms with Gasteiger partial charge in [-0.25, -0.2) is 4.98 Å². The minimum Gasteiger partial charge on any atom is -0.398 e. The fraction of sp³-hybridized carbons (Fsp3) is 0.250. The number of benzene rings is 1. The smallest absolute Gasteiger partial charge is 0.256 e. The number of carbonyl (C=O) groups excluding carboxylic acids is 1. The van der Waals surface area contributed by atoms with Crippen molar-refractivity contribution in [3.63, 3.8) is 0 Å². The van der Waals surface area contributed by atoms with Crippen molar-refractivity contribution in [1.82, 2.24) is 20.1 Å². The van der Waals surface area contributed by atoms with Crippen LogP contribution in [-0.2, 0) is 6.54 Å². The molecule has 6 nitrogen and oxygen atoms in total. The molecule has 0 unspecified atom stereocenters. The minimum absolute atomic E-state index is 0.132. The number of hydrogen-bond acceptors (Lipinski definition) is 4. The molecule has 0 saturated heterocycles. The van der Waals surface area contributed by atoms with E-state index in [-0.39, 0.29) is 5.91 Å². The van der Waals surface area contributed by atoms with Gasteiger partial charge in [-0.15, -0.1) is 0 Å². The first-order valence-corrected chi connectivity index (χ1v) is 5.54. The van der Waals surface area contributed by atoms with Gasteiger partial charge in [0.15, 0.2) is 0 Å². The largest absolute Gasteiger partial charge is 0.398 e. The Bertz CT molecular complexity index is 550. The average Bonchev–Trinajstić information content (AvgIpc) is 2.84. The number of aryl methyl sites for hydroxylation is 1. The Morgan fingerprint density at radius 2 is 2.28 bits per heavy atom. The van der Waals surface area contributed by atoms with Crippen LogP contribution < -0.4 is 5.73 Å². The Kier molecular flexibility index (Phi) is 3.27. The van der Waals surface area contributed by atoms with Gasteiger partial charge >= 0.3 is 0 Å². The number of nitrogens with zero attached hydrogens (tertiary/aromatic N) is 3. The zero-order valence-corrected chi connectivity index (χ0v) is 10.3. The summed E-state index contributed by atoms with van der Waals surface area (Å²) in [6.07, 6.45) is 1.41. The topological polar surface area (TPSA) is 87.9 Å². The van der Waals surface area contributed by atoms with Crippen molar-refractivity contribution in [3.8, 4) is 0 Å². The van der Waals surface area contributed by atoms with Gasteiger partial charge < -0.3 is 10.6 Å². The maximum absolute atomic E-state index is 12.2. The van der Waals surface area contributed by atoms with Crippen LogP contribution >= 0.6 is 0 Å². The van der Waals surface area contributed by atoms with Gasteiger partial charge in [0.2, 0.25) is 0 Å². The Morgan fingerprint density at radius 3 is 2.94 bits per heavy atom.